The van der Waals surface area contributed by atoms with Crippen LogP contribution in [-0.2, 0) is 0 Å². The first-order chi connectivity index (χ1) is 6.61. The van der Waals surface area contributed by atoms with Crippen molar-refractivity contribution in [3.63, 3.8) is 0 Å². The fraction of sp³-hybridized carbons (Fsp3) is 0.333. The largest absolute Gasteiger partial charge is 0.504 e. The third-order valence-corrected chi connectivity index (χ3v) is 2.66. The van der Waals surface area contributed by atoms with Crippen molar-refractivity contribution in [3.8, 4) is 11.5 Å². The summed E-state index contributed by atoms with van der Waals surface area (Å²) in [5.41, 5.74) is 11.8. The lowest BCUT2D eigenvalue weighted by Crippen LogP contribution is -2.21. The second-order valence-electron chi connectivity index (χ2n) is 2.85. The highest BCUT2D eigenvalue weighted by Crippen LogP contribution is 2.37. The number of phenolic OH excluding ortho intramolecular Hbond substituents is 1. The quantitative estimate of drug-likeness (QED) is 0.790. The van der Waals surface area contributed by atoms with Crippen LogP contribution in [0.15, 0.2) is 16.6 Å². The normalized spacial score (nSPS) is 11.7. The predicted octanol–water partition coefficient (Wildman–Crippen LogP) is 1.54. The van der Waals surface area contributed by atoms with Gasteiger partial charge in [0.25, 0.3) is 0 Å². The number of benzene rings is 1. The van der Waals surface area contributed by atoms with Crippen LogP contribution in [-0.4, -0.2) is 18.8 Å². The molecule has 1 aromatic rings. The van der Waals surface area contributed by atoms with E-state index in [2.05, 4.69) is 15.9 Å². The summed E-state index contributed by atoms with van der Waals surface area (Å²) in [6.07, 6.45) is 0. The van der Waals surface area contributed by atoms with E-state index in [9.17, 15) is 5.11 Å². The molecule has 0 aromatic heterocycles. The molecule has 0 saturated carbocycles. The highest BCUT2D eigenvalue weighted by molar-refractivity contribution is 9.10. The molecule has 0 aliphatic rings. The third-order valence-electron chi connectivity index (χ3n) is 1.97. The molecule has 1 atom stereocenters. The minimum atomic E-state index is -0.403. The van der Waals surface area contributed by atoms with Crippen LogP contribution in [0, 0.1) is 0 Å². The molecule has 0 bridgehead atoms. The third kappa shape index (κ3) is 2.98. The van der Waals surface area contributed by atoms with Crippen LogP contribution in [0.2, 0.25) is 0 Å². The smallest absolute Gasteiger partial charge is 0.163 e. The van der Waals surface area contributed by atoms with Crippen molar-refractivity contribution in [1.82, 2.24) is 0 Å². The van der Waals surface area contributed by atoms with Crippen molar-refractivity contribution in [1.29, 1.82) is 0 Å². The lowest BCUT2D eigenvalue weighted by Gasteiger charge is -2.15. The van der Waals surface area contributed by atoms with Crippen molar-refractivity contribution in [2.75, 3.05) is 13.7 Å². The van der Waals surface area contributed by atoms with Gasteiger partial charge in [0.2, 0.25) is 0 Å². The van der Waals surface area contributed by atoms with Crippen LogP contribution in [0.3, 0.4) is 0 Å². The number of hydrogen-bond donors (Lipinski definition) is 3. The molecule has 0 unspecified atom stereocenters. The Balaban J connectivity index is 0.00000196. The number of hydrogen-bond acceptors (Lipinski definition) is 4. The molecule has 0 heterocycles. The van der Waals surface area contributed by atoms with Crippen LogP contribution in [0.5, 0.6) is 11.5 Å². The molecule has 15 heavy (non-hydrogen) atoms. The Labute approximate surface area is 103 Å². The zero-order chi connectivity index (χ0) is 10.7. The molecule has 1 aromatic carbocycles. The molecule has 0 aliphatic heterocycles. The lowest BCUT2D eigenvalue weighted by molar-refractivity contribution is 0.368. The van der Waals surface area contributed by atoms with E-state index in [0.29, 0.717) is 11.3 Å². The molecule has 1 rings (SSSR count). The number of phenols is 1. The zero-order valence-corrected chi connectivity index (χ0v) is 10.6. The van der Waals surface area contributed by atoms with Gasteiger partial charge in [-0.05, 0) is 12.1 Å². The summed E-state index contributed by atoms with van der Waals surface area (Å²) in [7, 11) is 1.49. The predicted molar refractivity (Wildman–Crippen MR) is 65.6 cm³/mol. The topological polar surface area (TPSA) is 81.5 Å². The van der Waals surface area contributed by atoms with E-state index in [-0.39, 0.29) is 24.7 Å². The molecule has 6 heteroatoms. The maximum absolute atomic E-state index is 9.78. The molecule has 4 nitrogen and oxygen atoms in total. The summed E-state index contributed by atoms with van der Waals surface area (Å²) >= 11 is 3.30. The minimum absolute atomic E-state index is 0. The Bertz CT molecular complexity index is 336. The van der Waals surface area contributed by atoms with Gasteiger partial charge in [-0.2, -0.15) is 0 Å². The van der Waals surface area contributed by atoms with Gasteiger partial charge < -0.3 is 21.3 Å². The molecular weight excluding hydrogens is 283 g/mol. The average Bonchev–Trinajstić information content (AvgIpc) is 2.18. The number of ether oxygens (including phenoxy) is 1. The van der Waals surface area contributed by atoms with Gasteiger partial charge in [-0.3, -0.25) is 0 Å². The van der Waals surface area contributed by atoms with Crippen molar-refractivity contribution in [2.45, 2.75) is 6.04 Å². The van der Waals surface area contributed by atoms with Crippen LogP contribution >= 0.6 is 28.3 Å². The Morgan fingerprint density at radius 3 is 2.60 bits per heavy atom. The first-order valence-corrected chi connectivity index (χ1v) is 4.92. The number of halogens is 2. The van der Waals surface area contributed by atoms with E-state index < -0.39 is 6.04 Å². The zero-order valence-electron chi connectivity index (χ0n) is 8.24. The Morgan fingerprint density at radius 2 is 2.13 bits per heavy atom. The Morgan fingerprint density at radius 1 is 1.53 bits per heavy atom. The van der Waals surface area contributed by atoms with Gasteiger partial charge in [-0.1, -0.05) is 15.9 Å². The fourth-order valence-corrected chi connectivity index (χ4v) is 1.81. The number of rotatable bonds is 3. The van der Waals surface area contributed by atoms with E-state index in [4.69, 9.17) is 16.2 Å². The fourth-order valence-electron chi connectivity index (χ4n) is 1.20. The maximum Gasteiger partial charge on any atom is 0.163 e. The summed E-state index contributed by atoms with van der Waals surface area (Å²) in [6, 6.07) is 3.02. The first kappa shape index (κ1) is 14.5. The number of methoxy groups -OCH3 is 1. The summed E-state index contributed by atoms with van der Waals surface area (Å²) in [5, 5.41) is 9.78. The van der Waals surface area contributed by atoms with Crippen molar-refractivity contribution >= 4 is 28.3 Å². The van der Waals surface area contributed by atoms with E-state index in [0.717, 1.165) is 4.47 Å². The van der Waals surface area contributed by atoms with E-state index in [1.165, 1.54) is 7.11 Å². The minimum Gasteiger partial charge on any atom is -0.504 e. The van der Waals surface area contributed by atoms with Gasteiger partial charge in [0.05, 0.1) is 7.11 Å². The lowest BCUT2D eigenvalue weighted by atomic mass is 10.1. The summed E-state index contributed by atoms with van der Waals surface area (Å²) in [5.74, 6) is 0.437. The molecule has 0 aliphatic carbocycles. The standard InChI is InChI=1S/C9H13BrN2O2.ClH/c1-14-7-3-2-5(10)8(9(7)13)6(12)4-11;/h2-3,6,13H,4,11-12H2,1H3;1H/t6-;/m1./s1. The van der Waals surface area contributed by atoms with Crippen LogP contribution in [0.4, 0.5) is 0 Å². The van der Waals surface area contributed by atoms with Gasteiger partial charge in [-0.15, -0.1) is 12.4 Å². The molecule has 5 N–H and O–H groups in total. The summed E-state index contributed by atoms with van der Waals surface area (Å²) in [4.78, 5) is 0. The van der Waals surface area contributed by atoms with Gasteiger partial charge in [0.1, 0.15) is 0 Å². The van der Waals surface area contributed by atoms with Crippen molar-refractivity contribution < 1.29 is 9.84 Å². The van der Waals surface area contributed by atoms with Crippen molar-refractivity contribution in [2.24, 2.45) is 11.5 Å². The van der Waals surface area contributed by atoms with Gasteiger partial charge in [-0.25, -0.2) is 0 Å². The molecule has 86 valence electrons. The van der Waals surface area contributed by atoms with E-state index in [1.807, 2.05) is 0 Å². The molecule has 0 spiro atoms. The molecule has 0 fully saturated rings. The average molecular weight is 298 g/mol. The molecule has 0 saturated heterocycles. The maximum atomic E-state index is 9.78. The van der Waals surface area contributed by atoms with E-state index >= 15 is 0 Å². The number of aromatic hydroxyl groups is 1. The SMILES string of the molecule is COc1ccc(Br)c([C@H](N)CN)c1O.Cl. The summed E-state index contributed by atoms with van der Waals surface area (Å²) < 4.78 is 5.70. The highest BCUT2D eigenvalue weighted by atomic mass is 79.9. The van der Waals surface area contributed by atoms with Crippen molar-refractivity contribution in [3.05, 3.63) is 22.2 Å². The second-order valence-corrected chi connectivity index (χ2v) is 3.71. The van der Waals surface area contributed by atoms with Gasteiger partial charge in [0, 0.05) is 22.6 Å². The molecule has 0 amide bonds. The monoisotopic (exact) mass is 296 g/mol. The number of nitrogens with two attached hydrogens (primary N) is 2. The highest BCUT2D eigenvalue weighted by Gasteiger charge is 2.16. The van der Waals surface area contributed by atoms with Gasteiger partial charge in [0.15, 0.2) is 11.5 Å². The van der Waals surface area contributed by atoms with Crippen LogP contribution in [0.25, 0.3) is 0 Å². The first-order valence-electron chi connectivity index (χ1n) is 4.12. The van der Waals surface area contributed by atoms with E-state index in [1.54, 1.807) is 12.1 Å². The van der Waals surface area contributed by atoms with Gasteiger partial charge >= 0.3 is 0 Å². The Kier molecular flexibility index (Phi) is 5.97. The second kappa shape index (κ2) is 6.17. The summed E-state index contributed by atoms with van der Waals surface area (Å²) in [6.45, 7) is 0.263. The molecular formula is C9H14BrClN2O2. The van der Waals surface area contributed by atoms with Crippen LogP contribution in [0.1, 0.15) is 11.6 Å². The van der Waals surface area contributed by atoms with Crippen LogP contribution < -0.4 is 16.2 Å². The Hall–Kier alpha value is -0.490. The molecule has 0 radical (unpaired) electrons.